The highest BCUT2D eigenvalue weighted by molar-refractivity contribution is 5.19. The lowest BCUT2D eigenvalue weighted by Crippen LogP contribution is -2.24. The topological polar surface area (TPSA) is 77.0 Å². The maximum Gasteiger partial charge on any atom is 0.315 e. The van der Waals surface area contributed by atoms with Gasteiger partial charge in [-0.1, -0.05) is 25.9 Å². The lowest BCUT2D eigenvalue weighted by molar-refractivity contribution is 0.464. The number of aromatic nitrogens is 2. The van der Waals surface area contributed by atoms with Crippen LogP contribution in [0.25, 0.3) is 0 Å². The maximum atomic E-state index is 5.40. The van der Waals surface area contributed by atoms with E-state index in [9.17, 15) is 0 Å². The zero-order chi connectivity index (χ0) is 11.3. The highest BCUT2D eigenvalue weighted by Gasteiger charge is 2.14. The highest BCUT2D eigenvalue weighted by atomic mass is 16.4. The number of anilines is 1. The van der Waals surface area contributed by atoms with Crippen molar-refractivity contribution in [3.8, 4) is 0 Å². The van der Waals surface area contributed by atoms with Crippen molar-refractivity contribution in [3.05, 3.63) is 5.89 Å². The fourth-order valence-electron chi connectivity index (χ4n) is 1.44. The van der Waals surface area contributed by atoms with Crippen LogP contribution in [-0.4, -0.2) is 22.8 Å². The third-order valence-corrected chi connectivity index (χ3v) is 2.38. The summed E-state index contributed by atoms with van der Waals surface area (Å²) in [6, 6.07) is 0.871. The van der Waals surface area contributed by atoms with Gasteiger partial charge in [-0.2, -0.15) is 0 Å². The molecule has 1 heterocycles. The summed E-state index contributed by atoms with van der Waals surface area (Å²) in [6.07, 6.45) is 1.67. The van der Waals surface area contributed by atoms with Crippen molar-refractivity contribution in [2.24, 2.45) is 11.7 Å². The van der Waals surface area contributed by atoms with Crippen LogP contribution in [0.3, 0.4) is 0 Å². The van der Waals surface area contributed by atoms with Crippen LogP contribution >= 0.6 is 0 Å². The second kappa shape index (κ2) is 5.70. The first-order chi connectivity index (χ1) is 7.17. The van der Waals surface area contributed by atoms with Crippen LogP contribution in [0.5, 0.6) is 0 Å². The molecule has 0 bridgehead atoms. The molecule has 0 fully saturated rings. The molecule has 1 rings (SSSR count). The van der Waals surface area contributed by atoms with Gasteiger partial charge in [0.25, 0.3) is 0 Å². The molecule has 0 aromatic carbocycles. The molecule has 0 aliphatic rings. The Morgan fingerprint density at radius 1 is 1.40 bits per heavy atom. The molecule has 1 atom stereocenters. The Hall–Kier alpha value is -1.10. The van der Waals surface area contributed by atoms with Crippen molar-refractivity contribution in [2.45, 2.75) is 39.7 Å². The largest absolute Gasteiger partial charge is 0.408 e. The first kappa shape index (κ1) is 12.0. The quantitative estimate of drug-likeness (QED) is 0.745. The van der Waals surface area contributed by atoms with Crippen molar-refractivity contribution in [3.63, 3.8) is 0 Å². The van der Waals surface area contributed by atoms with Crippen molar-refractivity contribution in [2.75, 3.05) is 11.9 Å². The average molecular weight is 212 g/mol. The van der Waals surface area contributed by atoms with E-state index in [1.165, 1.54) is 0 Å². The van der Waals surface area contributed by atoms with Gasteiger partial charge in [0.05, 0.1) is 0 Å². The summed E-state index contributed by atoms with van der Waals surface area (Å²) in [4.78, 5) is 0. The van der Waals surface area contributed by atoms with Gasteiger partial charge < -0.3 is 15.5 Å². The van der Waals surface area contributed by atoms with Crippen LogP contribution in [0.4, 0.5) is 6.01 Å². The number of hydrogen-bond acceptors (Lipinski definition) is 5. The predicted molar refractivity (Wildman–Crippen MR) is 59.6 cm³/mol. The highest BCUT2D eigenvalue weighted by Crippen LogP contribution is 2.13. The second-order valence-electron chi connectivity index (χ2n) is 3.94. The summed E-state index contributed by atoms with van der Waals surface area (Å²) in [7, 11) is 0. The van der Waals surface area contributed by atoms with Gasteiger partial charge in [0.1, 0.15) is 0 Å². The Balaban J connectivity index is 2.55. The molecule has 15 heavy (non-hydrogen) atoms. The van der Waals surface area contributed by atoms with E-state index in [2.05, 4.69) is 36.3 Å². The Morgan fingerprint density at radius 2 is 2.13 bits per heavy atom. The predicted octanol–water partition coefficient (Wildman–Crippen LogP) is 1.42. The Morgan fingerprint density at radius 3 is 2.67 bits per heavy atom. The van der Waals surface area contributed by atoms with E-state index in [0.717, 1.165) is 6.42 Å². The number of nitrogens with one attached hydrogen (secondary N) is 1. The van der Waals surface area contributed by atoms with Gasteiger partial charge in [0.15, 0.2) is 0 Å². The molecule has 0 aliphatic carbocycles. The molecule has 5 heteroatoms. The van der Waals surface area contributed by atoms with Crippen LogP contribution in [-0.2, 0) is 6.42 Å². The molecular weight excluding hydrogens is 192 g/mol. The van der Waals surface area contributed by atoms with Crippen molar-refractivity contribution < 1.29 is 4.42 Å². The molecule has 0 saturated heterocycles. The normalized spacial score (nSPS) is 13.1. The fourth-order valence-corrected chi connectivity index (χ4v) is 1.44. The van der Waals surface area contributed by atoms with Crippen LogP contribution in [0.2, 0.25) is 0 Å². The molecule has 0 amide bonds. The molecule has 86 valence electrons. The standard InChI is InChI=1S/C10H20N4O/c1-4-8(7(2)3)12-10-14-13-9(15-10)5-6-11/h7-8H,4-6,11H2,1-3H3,(H,12,14). The molecule has 1 aromatic rings. The van der Waals surface area contributed by atoms with Crippen LogP contribution in [0.15, 0.2) is 4.42 Å². The van der Waals surface area contributed by atoms with E-state index in [1.807, 2.05) is 0 Å². The molecule has 1 aromatic heterocycles. The van der Waals surface area contributed by atoms with E-state index in [0.29, 0.717) is 36.8 Å². The van der Waals surface area contributed by atoms with Crippen molar-refractivity contribution in [1.82, 2.24) is 10.2 Å². The summed E-state index contributed by atoms with van der Waals surface area (Å²) in [6.45, 7) is 6.99. The molecule has 0 spiro atoms. The summed E-state index contributed by atoms with van der Waals surface area (Å²) in [5.41, 5.74) is 5.40. The zero-order valence-electron chi connectivity index (χ0n) is 9.66. The summed E-state index contributed by atoms with van der Waals surface area (Å²) in [5.74, 6) is 1.14. The van der Waals surface area contributed by atoms with Gasteiger partial charge in [0, 0.05) is 19.0 Å². The van der Waals surface area contributed by atoms with Gasteiger partial charge in [-0.15, -0.1) is 5.10 Å². The van der Waals surface area contributed by atoms with Gasteiger partial charge in [-0.25, -0.2) is 0 Å². The number of hydrogen-bond donors (Lipinski definition) is 2. The van der Waals surface area contributed by atoms with E-state index >= 15 is 0 Å². The van der Waals surface area contributed by atoms with Crippen LogP contribution < -0.4 is 11.1 Å². The number of rotatable bonds is 6. The molecule has 1 unspecified atom stereocenters. The lowest BCUT2D eigenvalue weighted by atomic mass is 10.0. The summed E-state index contributed by atoms with van der Waals surface area (Å²) in [5, 5.41) is 11.0. The molecule has 3 N–H and O–H groups in total. The minimum absolute atomic E-state index is 0.371. The third kappa shape index (κ3) is 3.51. The Labute approximate surface area is 90.4 Å². The van der Waals surface area contributed by atoms with Crippen molar-refractivity contribution >= 4 is 6.01 Å². The number of nitrogens with zero attached hydrogens (tertiary/aromatic N) is 2. The average Bonchev–Trinajstić information content (AvgIpc) is 2.62. The van der Waals surface area contributed by atoms with Gasteiger partial charge >= 0.3 is 6.01 Å². The van der Waals surface area contributed by atoms with E-state index in [4.69, 9.17) is 10.2 Å². The van der Waals surface area contributed by atoms with E-state index in [1.54, 1.807) is 0 Å². The van der Waals surface area contributed by atoms with Crippen LogP contribution in [0.1, 0.15) is 33.1 Å². The van der Waals surface area contributed by atoms with Gasteiger partial charge in [-0.05, 0) is 12.3 Å². The second-order valence-corrected chi connectivity index (χ2v) is 3.94. The fraction of sp³-hybridized carbons (Fsp3) is 0.800. The molecule has 5 nitrogen and oxygen atoms in total. The Bertz CT molecular complexity index is 285. The first-order valence-electron chi connectivity index (χ1n) is 5.46. The smallest absolute Gasteiger partial charge is 0.315 e. The molecular formula is C10H20N4O. The monoisotopic (exact) mass is 212 g/mol. The van der Waals surface area contributed by atoms with Crippen LogP contribution in [0, 0.1) is 5.92 Å². The third-order valence-electron chi connectivity index (χ3n) is 2.38. The van der Waals surface area contributed by atoms with E-state index < -0.39 is 0 Å². The SMILES string of the molecule is CCC(Nc1nnc(CCN)o1)C(C)C. The molecule has 0 radical (unpaired) electrons. The summed E-state index contributed by atoms with van der Waals surface area (Å²) >= 11 is 0. The first-order valence-corrected chi connectivity index (χ1v) is 5.46. The van der Waals surface area contributed by atoms with Gasteiger partial charge in [-0.3, -0.25) is 0 Å². The maximum absolute atomic E-state index is 5.40. The lowest BCUT2D eigenvalue weighted by Gasteiger charge is -2.18. The minimum atomic E-state index is 0.371. The molecule has 0 saturated carbocycles. The number of nitrogens with two attached hydrogens (primary N) is 1. The Kier molecular flexibility index (Phi) is 4.55. The summed E-state index contributed by atoms with van der Waals surface area (Å²) < 4.78 is 5.39. The van der Waals surface area contributed by atoms with E-state index in [-0.39, 0.29) is 0 Å². The van der Waals surface area contributed by atoms with Gasteiger partial charge in [0.2, 0.25) is 5.89 Å². The zero-order valence-corrected chi connectivity index (χ0v) is 9.66. The minimum Gasteiger partial charge on any atom is -0.408 e. The molecule has 0 aliphatic heterocycles. The van der Waals surface area contributed by atoms with Crippen molar-refractivity contribution in [1.29, 1.82) is 0 Å².